The van der Waals surface area contributed by atoms with Gasteiger partial charge in [0.05, 0.1) is 24.1 Å². The molecule has 0 atom stereocenters. The lowest BCUT2D eigenvalue weighted by Crippen LogP contribution is -2.40. The van der Waals surface area contributed by atoms with Crippen LogP contribution in [0.5, 0.6) is 0 Å². The van der Waals surface area contributed by atoms with Crippen molar-refractivity contribution < 1.29 is 9.53 Å². The van der Waals surface area contributed by atoms with Gasteiger partial charge in [0.1, 0.15) is 5.82 Å². The van der Waals surface area contributed by atoms with Crippen LogP contribution in [-0.2, 0) is 16.0 Å². The number of nitrogens with one attached hydrogen (secondary N) is 1. The molecular weight excluding hydrogens is 426 g/mol. The zero-order valence-corrected chi connectivity index (χ0v) is 18.5. The number of hydrogen-bond acceptors (Lipinski definition) is 4. The average molecular weight is 450 g/mol. The summed E-state index contributed by atoms with van der Waals surface area (Å²) in [4.78, 5) is 34.3. The van der Waals surface area contributed by atoms with Gasteiger partial charge in [0, 0.05) is 42.9 Å². The third-order valence-electron chi connectivity index (χ3n) is 5.38. The summed E-state index contributed by atoms with van der Waals surface area (Å²) >= 11 is 6.24. The predicted molar refractivity (Wildman–Crippen MR) is 125 cm³/mol. The van der Waals surface area contributed by atoms with Gasteiger partial charge in [-0.05, 0) is 30.2 Å². The zero-order chi connectivity index (χ0) is 22.3. The highest BCUT2D eigenvalue weighted by Gasteiger charge is 2.15. The number of H-pyrrole nitrogens is 1. The highest BCUT2D eigenvalue weighted by atomic mass is 35.5. The fourth-order valence-corrected chi connectivity index (χ4v) is 3.91. The Morgan fingerprint density at radius 2 is 1.97 bits per heavy atom. The van der Waals surface area contributed by atoms with Crippen molar-refractivity contribution in [1.82, 2.24) is 14.9 Å². The molecule has 4 rings (SSSR count). The van der Waals surface area contributed by atoms with Crippen LogP contribution < -0.4 is 5.56 Å². The third kappa shape index (κ3) is 5.37. The largest absolute Gasteiger partial charge is 0.378 e. The molecule has 0 radical (unpaired) electrons. The fraction of sp³-hybridized carbons (Fsp3) is 0.320. The van der Waals surface area contributed by atoms with Crippen molar-refractivity contribution in [3.8, 4) is 11.8 Å². The number of ether oxygens (including phenoxy) is 1. The molecule has 0 unspecified atom stereocenters. The number of amides is 1. The van der Waals surface area contributed by atoms with Crippen LogP contribution in [0.1, 0.15) is 36.2 Å². The Labute approximate surface area is 191 Å². The first-order valence-electron chi connectivity index (χ1n) is 10.7. The lowest BCUT2D eigenvalue weighted by Gasteiger charge is -2.26. The molecule has 2 heterocycles. The number of unbranched alkanes of at least 4 members (excludes halogenated alkanes) is 1. The SMILES string of the molecule is O=C(CCCC#Cc1cccc2nc(Cc3ccccc3Cl)[nH]c(=O)c12)N1CCOCC1. The molecule has 1 N–H and O–H groups in total. The van der Waals surface area contributed by atoms with Crippen molar-refractivity contribution in [2.75, 3.05) is 26.3 Å². The molecule has 1 aliphatic rings. The Bertz CT molecular complexity index is 1240. The van der Waals surface area contributed by atoms with Gasteiger partial charge in [0.15, 0.2) is 0 Å². The van der Waals surface area contributed by atoms with E-state index in [1.54, 1.807) is 0 Å². The Balaban J connectivity index is 1.44. The Morgan fingerprint density at radius 3 is 2.78 bits per heavy atom. The zero-order valence-electron chi connectivity index (χ0n) is 17.7. The average Bonchev–Trinajstić information content (AvgIpc) is 2.80. The number of benzene rings is 2. The summed E-state index contributed by atoms with van der Waals surface area (Å²) < 4.78 is 5.27. The fourth-order valence-electron chi connectivity index (χ4n) is 3.71. The molecule has 32 heavy (non-hydrogen) atoms. The van der Waals surface area contributed by atoms with E-state index in [0.29, 0.717) is 79.3 Å². The summed E-state index contributed by atoms with van der Waals surface area (Å²) in [7, 11) is 0. The van der Waals surface area contributed by atoms with E-state index in [4.69, 9.17) is 16.3 Å². The third-order valence-corrected chi connectivity index (χ3v) is 5.75. The van der Waals surface area contributed by atoms with Gasteiger partial charge >= 0.3 is 0 Å². The number of carbonyl (C=O) groups is 1. The van der Waals surface area contributed by atoms with E-state index in [1.807, 2.05) is 47.4 Å². The quantitative estimate of drug-likeness (QED) is 0.477. The minimum atomic E-state index is -0.218. The molecule has 0 aliphatic carbocycles. The Kier molecular flexibility index (Phi) is 7.21. The highest BCUT2D eigenvalue weighted by Crippen LogP contribution is 2.18. The number of aromatic amines is 1. The van der Waals surface area contributed by atoms with E-state index in [1.165, 1.54) is 0 Å². The number of fused-ring (bicyclic) bond motifs is 1. The number of hydrogen-bond donors (Lipinski definition) is 1. The summed E-state index contributed by atoms with van der Waals surface area (Å²) in [6.07, 6.45) is 2.18. The van der Waals surface area contributed by atoms with Crippen LogP contribution in [0.25, 0.3) is 10.9 Å². The molecular formula is C25H24ClN3O3. The van der Waals surface area contributed by atoms with Crippen molar-refractivity contribution in [2.45, 2.75) is 25.7 Å². The monoisotopic (exact) mass is 449 g/mol. The van der Waals surface area contributed by atoms with Crippen LogP contribution in [-0.4, -0.2) is 47.1 Å². The molecule has 0 spiro atoms. The second-order valence-corrected chi connectivity index (χ2v) is 8.04. The number of aromatic nitrogens is 2. The van der Waals surface area contributed by atoms with Gasteiger partial charge < -0.3 is 14.6 Å². The molecule has 6 nitrogen and oxygen atoms in total. The topological polar surface area (TPSA) is 75.3 Å². The van der Waals surface area contributed by atoms with Crippen LogP contribution in [0.3, 0.4) is 0 Å². The predicted octanol–water partition coefficient (Wildman–Crippen LogP) is 3.55. The van der Waals surface area contributed by atoms with E-state index < -0.39 is 0 Å². The number of halogens is 1. The number of carbonyl (C=O) groups excluding carboxylic acids is 1. The molecule has 1 aliphatic heterocycles. The van der Waals surface area contributed by atoms with E-state index in [-0.39, 0.29) is 11.5 Å². The summed E-state index contributed by atoms with van der Waals surface area (Å²) in [6, 6.07) is 13.0. The molecule has 0 saturated carbocycles. The molecule has 7 heteroatoms. The molecule has 1 saturated heterocycles. The first-order valence-corrected chi connectivity index (χ1v) is 11.1. The van der Waals surface area contributed by atoms with Gasteiger partial charge in [0.2, 0.25) is 5.91 Å². The first kappa shape index (κ1) is 22.1. The minimum Gasteiger partial charge on any atom is -0.378 e. The van der Waals surface area contributed by atoms with Crippen LogP contribution in [0.2, 0.25) is 5.02 Å². The van der Waals surface area contributed by atoms with Gasteiger partial charge in [-0.25, -0.2) is 4.98 Å². The maximum absolute atomic E-state index is 12.8. The minimum absolute atomic E-state index is 0.145. The summed E-state index contributed by atoms with van der Waals surface area (Å²) in [5.74, 6) is 6.88. The van der Waals surface area contributed by atoms with Crippen molar-refractivity contribution in [3.63, 3.8) is 0 Å². The molecule has 1 amide bonds. The normalized spacial score (nSPS) is 13.6. The highest BCUT2D eigenvalue weighted by molar-refractivity contribution is 6.31. The summed E-state index contributed by atoms with van der Waals surface area (Å²) in [5.41, 5.74) is 1.92. The molecule has 3 aromatic rings. The van der Waals surface area contributed by atoms with E-state index in [9.17, 15) is 9.59 Å². The molecule has 1 aromatic heterocycles. The molecule has 2 aromatic carbocycles. The van der Waals surface area contributed by atoms with Gasteiger partial charge in [-0.15, -0.1) is 0 Å². The maximum Gasteiger partial charge on any atom is 0.260 e. The molecule has 1 fully saturated rings. The Morgan fingerprint density at radius 1 is 1.16 bits per heavy atom. The van der Waals surface area contributed by atoms with Gasteiger partial charge in [-0.1, -0.05) is 47.7 Å². The van der Waals surface area contributed by atoms with E-state index >= 15 is 0 Å². The van der Waals surface area contributed by atoms with Crippen molar-refractivity contribution in [2.24, 2.45) is 0 Å². The van der Waals surface area contributed by atoms with Crippen molar-refractivity contribution in [1.29, 1.82) is 0 Å². The number of rotatable bonds is 5. The molecule has 164 valence electrons. The number of morpholine rings is 1. The van der Waals surface area contributed by atoms with E-state index in [2.05, 4.69) is 21.8 Å². The van der Waals surface area contributed by atoms with Gasteiger partial charge in [0.25, 0.3) is 5.56 Å². The first-order chi connectivity index (χ1) is 15.6. The summed E-state index contributed by atoms with van der Waals surface area (Å²) in [5, 5.41) is 1.12. The second kappa shape index (κ2) is 10.4. The maximum atomic E-state index is 12.8. The van der Waals surface area contributed by atoms with Crippen LogP contribution >= 0.6 is 11.6 Å². The van der Waals surface area contributed by atoms with Crippen molar-refractivity contribution >= 4 is 28.4 Å². The number of nitrogens with zero attached hydrogens (tertiary/aromatic N) is 2. The van der Waals surface area contributed by atoms with E-state index in [0.717, 1.165) is 5.56 Å². The standard InChI is InChI=1S/C25H24ClN3O3/c26-20-10-5-4-8-19(20)17-22-27-21-11-6-9-18(24(21)25(31)28-22)7-2-1-3-12-23(30)29-13-15-32-16-14-29/h4-6,8-11H,1,3,12-17H2,(H,27,28,31). The lowest BCUT2D eigenvalue weighted by molar-refractivity contribution is -0.135. The molecule has 0 bridgehead atoms. The van der Waals surface area contributed by atoms with Gasteiger partial charge in [-0.3, -0.25) is 9.59 Å². The van der Waals surface area contributed by atoms with Gasteiger partial charge in [-0.2, -0.15) is 0 Å². The smallest absolute Gasteiger partial charge is 0.260 e. The Hall–Kier alpha value is -3.14. The summed E-state index contributed by atoms with van der Waals surface area (Å²) in [6.45, 7) is 2.54. The van der Waals surface area contributed by atoms with Crippen molar-refractivity contribution in [3.05, 3.63) is 74.8 Å². The lowest BCUT2D eigenvalue weighted by atomic mass is 10.1. The second-order valence-electron chi connectivity index (χ2n) is 7.63. The van der Waals surface area contributed by atoms with Crippen LogP contribution in [0, 0.1) is 11.8 Å². The van der Waals surface area contributed by atoms with Crippen LogP contribution in [0.4, 0.5) is 0 Å². The van der Waals surface area contributed by atoms with Crippen LogP contribution in [0.15, 0.2) is 47.3 Å².